The minimum Gasteiger partial charge on any atom is -0.497 e. The Morgan fingerprint density at radius 1 is 0.931 bits per heavy atom. The maximum absolute atomic E-state index is 12.6. The van der Waals surface area contributed by atoms with E-state index in [4.69, 9.17) is 9.47 Å². The number of carbonyl (C=O) groups excluding carboxylic acids is 1. The van der Waals surface area contributed by atoms with Crippen LogP contribution in [0, 0.1) is 6.92 Å². The minimum absolute atomic E-state index is 0.112. The predicted molar refractivity (Wildman–Crippen MR) is 113 cm³/mol. The molecule has 150 valence electrons. The normalized spacial score (nSPS) is 10.5. The van der Waals surface area contributed by atoms with Crippen molar-refractivity contribution in [3.63, 3.8) is 0 Å². The summed E-state index contributed by atoms with van der Waals surface area (Å²) in [7, 11) is 1.59. The highest BCUT2D eigenvalue weighted by atomic mass is 16.5. The maximum atomic E-state index is 12.6. The van der Waals surface area contributed by atoms with Gasteiger partial charge in [0.1, 0.15) is 17.2 Å². The molecule has 1 amide bonds. The van der Waals surface area contributed by atoms with Crippen molar-refractivity contribution >= 4 is 23.2 Å². The van der Waals surface area contributed by atoms with E-state index in [0.717, 1.165) is 17.2 Å². The second kappa shape index (κ2) is 9.05. The Kier molecular flexibility index (Phi) is 6.29. The summed E-state index contributed by atoms with van der Waals surface area (Å²) in [6.45, 7) is 5.77. The third kappa shape index (κ3) is 5.68. The van der Waals surface area contributed by atoms with Crippen LogP contribution < -0.4 is 20.1 Å². The fraction of sp³-hybridized carbons (Fsp3) is 0.227. The molecule has 0 unspecified atom stereocenters. The number of rotatable bonds is 7. The van der Waals surface area contributed by atoms with Gasteiger partial charge in [0.25, 0.3) is 5.91 Å². The van der Waals surface area contributed by atoms with Crippen molar-refractivity contribution in [3.8, 4) is 11.5 Å². The smallest absolute Gasteiger partial charge is 0.274 e. The van der Waals surface area contributed by atoms with Gasteiger partial charge in [-0.3, -0.25) is 4.79 Å². The van der Waals surface area contributed by atoms with Crippen LogP contribution in [0.4, 0.5) is 17.3 Å². The van der Waals surface area contributed by atoms with Crippen LogP contribution in [0.2, 0.25) is 0 Å². The molecule has 3 aromatic rings. The highest BCUT2D eigenvalue weighted by Gasteiger charge is 2.11. The number of aryl methyl sites for hydroxylation is 1. The maximum Gasteiger partial charge on any atom is 0.274 e. The van der Waals surface area contributed by atoms with Crippen molar-refractivity contribution in [1.29, 1.82) is 0 Å². The summed E-state index contributed by atoms with van der Waals surface area (Å²) in [4.78, 5) is 21.3. The molecule has 0 aliphatic heterocycles. The van der Waals surface area contributed by atoms with E-state index in [1.165, 1.54) is 0 Å². The summed E-state index contributed by atoms with van der Waals surface area (Å²) in [6.07, 6.45) is 0.112. The Morgan fingerprint density at radius 3 is 2.17 bits per heavy atom. The van der Waals surface area contributed by atoms with E-state index < -0.39 is 0 Å². The van der Waals surface area contributed by atoms with Gasteiger partial charge in [0, 0.05) is 17.1 Å². The van der Waals surface area contributed by atoms with Gasteiger partial charge in [0.2, 0.25) is 5.95 Å². The number of hydrogen-bond acceptors (Lipinski definition) is 6. The summed E-state index contributed by atoms with van der Waals surface area (Å²) < 4.78 is 10.8. The van der Waals surface area contributed by atoms with E-state index in [-0.39, 0.29) is 17.7 Å². The van der Waals surface area contributed by atoms with Crippen molar-refractivity contribution in [2.24, 2.45) is 0 Å². The largest absolute Gasteiger partial charge is 0.497 e. The highest BCUT2D eigenvalue weighted by Crippen LogP contribution is 2.20. The lowest BCUT2D eigenvalue weighted by Gasteiger charge is -2.11. The average molecular weight is 392 g/mol. The molecule has 0 aliphatic carbocycles. The van der Waals surface area contributed by atoms with Crippen molar-refractivity contribution < 1.29 is 14.3 Å². The molecule has 7 heteroatoms. The first-order chi connectivity index (χ1) is 13.9. The van der Waals surface area contributed by atoms with Gasteiger partial charge < -0.3 is 20.1 Å². The number of anilines is 3. The zero-order valence-corrected chi connectivity index (χ0v) is 16.9. The van der Waals surface area contributed by atoms with E-state index in [2.05, 4.69) is 20.6 Å². The number of benzene rings is 2. The first-order valence-electron chi connectivity index (χ1n) is 9.28. The van der Waals surface area contributed by atoms with Crippen LogP contribution in [-0.4, -0.2) is 29.1 Å². The lowest BCUT2D eigenvalue weighted by molar-refractivity contribution is 0.102. The van der Waals surface area contributed by atoms with Gasteiger partial charge in [-0.1, -0.05) is 0 Å². The number of hydrogen-bond donors (Lipinski definition) is 2. The molecule has 0 aliphatic rings. The SMILES string of the molecule is COc1ccc(NC(=O)c2cc(C)nc(Nc3ccc(OC(C)C)cc3)n2)cc1. The molecule has 2 N–H and O–H groups in total. The molecule has 0 fully saturated rings. The van der Waals surface area contributed by atoms with Gasteiger partial charge in [0.15, 0.2) is 0 Å². The Labute approximate surface area is 170 Å². The average Bonchev–Trinajstić information content (AvgIpc) is 2.69. The molecule has 2 aromatic carbocycles. The molecule has 0 atom stereocenters. The van der Waals surface area contributed by atoms with Gasteiger partial charge in [-0.2, -0.15) is 0 Å². The third-order valence-electron chi connectivity index (χ3n) is 3.92. The first-order valence-corrected chi connectivity index (χ1v) is 9.28. The number of nitrogens with zero attached hydrogens (tertiary/aromatic N) is 2. The fourth-order valence-corrected chi connectivity index (χ4v) is 2.63. The molecule has 0 saturated carbocycles. The van der Waals surface area contributed by atoms with Crippen molar-refractivity contribution in [3.05, 3.63) is 66.0 Å². The quantitative estimate of drug-likeness (QED) is 0.612. The molecule has 1 aromatic heterocycles. The first kappa shape index (κ1) is 20.1. The summed E-state index contributed by atoms with van der Waals surface area (Å²) >= 11 is 0. The van der Waals surface area contributed by atoms with Crippen LogP contribution in [0.3, 0.4) is 0 Å². The zero-order valence-electron chi connectivity index (χ0n) is 16.9. The van der Waals surface area contributed by atoms with E-state index in [1.54, 1.807) is 37.4 Å². The Hall–Kier alpha value is -3.61. The van der Waals surface area contributed by atoms with Gasteiger partial charge in [0.05, 0.1) is 13.2 Å². The van der Waals surface area contributed by atoms with E-state index in [0.29, 0.717) is 17.3 Å². The lowest BCUT2D eigenvalue weighted by atomic mass is 10.2. The summed E-state index contributed by atoms with van der Waals surface area (Å²) in [5.74, 6) is 1.54. The summed E-state index contributed by atoms with van der Waals surface area (Å²) in [5, 5.41) is 5.95. The number of methoxy groups -OCH3 is 1. The Bertz CT molecular complexity index is 970. The van der Waals surface area contributed by atoms with Crippen LogP contribution in [0.1, 0.15) is 30.0 Å². The molecule has 7 nitrogen and oxygen atoms in total. The van der Waals surface area contributed by atoms with Crippen molar-refractivity contribution in [1.82, 2.24) is 9.97 Å². The van der Waals surface area contributed by atoms with Gasteiger partial charge in [-0.25, -0.2) is 9.97 Å². The number of ether oxygens (including phenoxy) is 2. The second-order valence-electron chi connectivity index (χ2n) is 6.72. The molecule has 1 heterocycles. The fourth-order valence-electron chi connectivity index (χ4n) is 2.63. The van der Waals surface area contributed by atoms with E-state index >= 15 is 0 Å². The minimum atomic E-state index is -0.315. The van der Waals surface area contributed by atoms with Crippen LogP contribution in [0.5, 0.6) is 11.5 Å². The van der Waals surface area contributed by atoms with Crippen molar-refractivity contribution in [2.75, 3.05) is 17.7 Å². The van der Waals surface area contributed by atoms with Gasteiger partial charge in [-0.05, 0) is 75.4 Å². The monoisotopic (exact) mass is 392 g/mol. The van der Waals surface area contributed by atoms with Crippen LogP contribution in [0.15, 0.2) is 54.6 Å². The standard InChI is InChI=1S/C22H24N4O3/c1-14(2)29-19-11-7-17(8-12-19)25-22-23-15(3)13-20(26-22)21(27)24-16-5-9-18(28-4)10-6-16/h5-14H,1-4H3,(H,24,27)(H,23,25,26). The number of carbonyl (C=O) groups is 1. The van der Waals surface area contributed by atoms with E-state index in [9.17, 15) is 4.79 Å². The second-order valence-corrected chi connectivity index (χ2v) is 6.72. The van der Waals surface area contributed by atoms with Crippen molar-refractivity contribution in [2.45, 2.75) is 26.9 Å². The Balaban J connectivity index is 1.72. The molecule has 0 radical (unpaired) electrons. The predicted octanol–water partition coefficient (Wildman–Crippen LogP) is 4.58. The molecule has 0 spiro atoms. The number of amides is 1. The number of nitrogens with one attached hydrogen (secondary N) is 2. The Morgan fingerprint density at radius 2 is 1.55 bits per heavy atom. The molecule has 29 heavy (non-hydrogen) atoms. The molecule has 0 bridgehead atoms. The molecule has 0 saturated heterocycles. The van der Waals surface area contributed by atoms with Gasteiger partial charge in [-0.15, -0.1) is 0 Å². The van der Waals surface area contributed by atoms with Crippen LogP contribution in [-0.2, 0) is 0 Å². The molecular formula is C22H24N4O3. The third-order valence-corrected chi connectivity index (χ3v) is 3.92. The number of aromatic nitrogens is 2. The van der Waals surface area contributed by atoms with Crippen LogP contribution in [0.25, 0.3) is 0 Å². The van der Waals surface area contributed by atoms with Crippen LogP contribution >= 0.6 is 0 Å². The highest BCUT2D eigenvalue weighted by molar-refractivity contribution is 6.03. The summed E-state index contributed by atoms with van der Waals surface area (Å²) in [5.41, 5.74) is 2.41. The molecular weight excluding hydrogens is 368 g/mol. The topological polar surface area (TPSA) is 85.4 Å². The van der Waals surface area contributed by atoms with E-state index in [1.807, 2.05) is 45.0 Å². The lowest BCUT2D eigenvalue weighted by Crippen LogP contribution is -2.15. The zero-order chi connectivity index (χ0) is 20.8. The van der Waals surface area contributed by atoms with Gasteiger partial charge >= 0.3 is 0 Å². The molecule has 3 rings (SSSR count). The summed E-state index contributed by atoms with van der Waals surface area (Å²) in [6, 6.07) is 16.2.